The van der Waals surface area contributed by atoms with E-state index < -0.39 is 36.2 Å². The summed E-state index contributed by atoms with van der Waals surface area (Å²) in [6, 6.07) is 11.4. The molecule has 2 saturated heterocycles. The fourth-order valence-corrected chi connectivity index (χ4v) is 6.66. The third-order valence-electron chi connectivity index (χ3n) is 8.44. The van der Waals surface area contributed by atoms with Crippen LogP contribution in [0.3, 0.4) is 0 Å². The highest BCUT2D eigenvalue weighted by Gasteiger charge is 2.55. The maximum Gasteiger partial charge on any atom is 0.410 e. The first-order chi connectivity index (χ1) is 23.1. The lowest BCUT2D eigenvalue weighted by molar-refractivity contribution is -0.183. The number of ether oxygens (including phenoxy) is 6. The summed E-state index contributed by atoms with van der Waals surface area (Å²) in [6.07, 6.45) is -2.11. The number of hydrogen-bond acceptors (Lipinski definition) is 12. The minimum Gasteiger partial charge on any atom is -0.487 e. The van der Waals surface area contributed by atoms with E-state index in [4.69, 9.17) is 28.4 Å². The lowest BCUT2D eigenvalue weighted by atomic mass is 9.99. The Balaban J connectivity index is 1.17. The number of benzene rings is 2. The molecule has 5 atom stereocenters. The molecule has 2 amide bonds. The number of aliphatic hydroxyl groups excluding tert-OH is 1. The summed E-state index contributed by atoms with van der Waals surface area (Å²) in [4.78, 5) is 33.0. The van der Waals surface area contributed by atoms with Gasteiger partial charge in [0.1, 0.15) is 19.0 Å². The van der Waals surface area contributed by atoms with Gasteiger partial charge in [0.05, 0.1) is 35.4 Å². The van der Waals surface area contributed by atoms with Crippen molar-refractivity contribution in [2.75, 3.05) is 33.1 Å². The molecule has 3 aliphatic heterocycles. The van der Waals surface area contributed by atoms with E-state index in [2.05, 4.69) is 10.3 Å². The van der Waals surface area contributed by atoms with Gasteiger partial charge in [0.25, 0.3) is 5.91 Å². The van der Waals surface area contributed by atoms with Crippen LogP contribution in [0.4, 0.5) is 4.79 Å². The number of rotatable bonds is 13. The average Bonchev–Trinajstić information content (AvgIpc) is 3.86. The van der Waals surface area contributed by atoms with Crippen LogP contribution in [-0.2, 0) is 27.2 Å². The lowest BCUT2D eigenvalue weighted by Gasteiger charge is -2.32. The molecule has 48 heavy (non-hydrogen) atoms. The van der Waals surface area contributed by atoms with E-state index in [9.17, 15) is 19.8 Å². The van der Waals surface area contributed by atoms with Crippen LogP contribution in [0.15, 0.2) is 47.8 Å². The number of alkyl carbamates (subject to hydrolysis) is 1. The van der Waals surface area contributed by atoms with Crippen molar-refractivity contribution < 1.29 is 48.2 Å². The predicted octanol–water partition coefficient (Wildman–Crippen LogP) is 3.64. The van der Waals surface area contributed by atoms with Gasteiger partial charge < -0.3 is 48.9 Å². The number of carbonyl (C=O) groups excluding carboxylic acids is 2. The van der Waals surface area contributed by atoms with Gasteiger partial charge in [-0.15, -0.1) is 11.3 Å². The van der Waals surface area contributed by atoms with Gasteiger partial charge in [0, 0.05) is 24.0 Å². The maximum absolute atomic E-state index is 13.7. The molecule has 2 aromatic carbocycles. The molecule has 2 fully saturated rings. The van der Waals surface area contributed by atoms with Crippen LogP contribution < -0.4 is 19.5 Å². The maximum atomic E-state index is 13.7. The van der Waals surface area contributed by atoms with Crippen LogP contribution in [0.5, 0.6) is 17.2 Å². The van der Waals surface area contributed by atoms with Crippen molar-refractivity contribution in [2.45, 2.75) is 64.4 Å². The quantitative estimate of drug-likeness (QED) is 0.226. The third kappa shape index (κ3) is 8.01. The smallest absolute Gasteiger partial charge is 0.410 e. The van der Waals surface area contributed by atoms with E-state index in [0.29, 0.717) is 49.0 Å². The van der Waals surface area contributed by atoms with Gasteiger partial charge in [-0.2, -0.15) is 0 Å². The van der Waals surface area contributed by atoms with Gasteiger partial charge in [-0.05, 0) is 61.6 Å². The molecule has 4 heterocycles. The fourth-order valence-electron chi connectivity index (χ4n) is 6.06. The number of aliphatic hydroxyl groups is 2. The number of aromatic nitrogens is 1. The van der Waals surface area contributed by atoms with Gasteiger partial charge in [-0.1, -0.05) is 26.0 Å². The lowest BCUT2D eigenvalue weighted by Crippen LogP contribution is -2.53. The zero-order valence-electron chi connectivity index (χ0n) is 27.1. The van der Waals surface area contributed by atoms with Gasteiger partial charge in [0.15, 0.2) is 17.8 Å². The molecule has 0 bridgehead atoms. The third-order valence-corrected chi connectivity index (χ3v) is 9.26. The molecule has 0 saturated carbocycles. The van der Waals surface area contributed by atoms with Crippen LogP contribution in [0.1, 0.15) is 46.9 Å². The van der Waals surface area contributed by atoms with Gasteiger partial charge in [-0.3, -0.25) is 4.79 Å². The number of amides is 2. The Morgan fingerprint density at radius 3 is 2.67 bits per heavy atom. The molecule has 14 heteroatoms. The zero-order valence-corrected chi connectivity index (χ0v) is 27.9. The fraction of sp³-hybridized carbons (Fsp3) is 0.500. The van der Waals surface area contributed by atoms with Gasteiger partial charge >= 0.3 is 6.09 Å². The number of carbonyl (C=O) groups is 2. The number of thiazole rings is 1. The van der Waals surface area contributed by atoms with Crippen molar-refractivity contribution in [2.24, 2.45) is 11.8 Å². The number of hydrogen-bond donors (Lipinski definition) is 3. The van der Waals surface area contributed by atoms with E-state index >= 15 is 0 Å². The Kier molecular flexibility index (Phi) is 10.4. The molecule has 258 valence electrons. The highest BCUT2D eigenvalue weighted by atomic mass is 32.1. The monoisotopic (exact) mass is 683 g/mol. The average molecular weight is 684 g/mol. The summed E-state index contributed by atoms with van der Waals surface area (Å²) in [5.41, 5.74) is 2.02. The van der Waals surface area contributed by atoms with Crippen LogP contribution >= 0.6 is 11.3 Å². The first-order valence-electron chi connectivity index (χ1n) is 16.0. The van der Waals surface area contributed by atoms with Crippen molar-refractivity contribution in [3.8, 4) is 17.2 Å². The van der Waals surface area contributed by atoms with Crippen molar-refractivity contribution in [3.05, 3.63) is 69.7 Å². The second-order valence-electron chi connectivity index (χ2n) is 12.7. The second kappa shape index (κ2) is 14.7. The molecule has 0 radical (unpaired) electrons. The van der Waals surface area contributed by atoms with E-state index in [-0.39, 0.29) is 38.2 Å². The minimum absolute atomic E-state index is 0.0825. The molecule has 3 N–H and O–H groups in total. The number of fused-ring (bicyclic) bond motifs is 2. The molecule has 6 rings (SSSR count). The van der Waals surface area contributed by atoms with Crippen LogP contribution in [0, 0.1) is 18.8 Å². The molecular formula is C34H41N3O10S. The van der Waals surface area contributed by atoms with E-state index in [0.717, 1.165) is 16.3 Å². The summed E-state index contributed by atoms with van der Waals surface area (Å²) < 4.78 is 33.2. The first kappa shape index (κ1) is 33.9. The minimum atomic E-state index is -1.87. The SMILES string of the molecule is Cc1nc(COc2ccc(CC(NC(=O)OC3(O)COC4OCCC43)C(O)CN(CC(C)C)C(=O)c3ccc4c(c3)OCO4)cc2)cs1. The zero-order chi connectivity index (χ0) is 33.8. The number of nitrogens with one attached hydrogen (secondary N) is 1. The number of aryl methyl sites for hydroxylation is 1. The first-order valence-corrected chi connectivity index (χ1v) is 16.9. The van der Waals surface area contributed by atoms with E-state index in [1.807, 2.05) is 50.4 Å². The van der Waals surface area contributed by atoms with Crippen molar-refractivity contribution in [3.63, 3.8) is 0 Å². The second-order valence-corrected chi connectivity index (χ2v) is 13.7. The Hall–Kier alpha value is -3.95. The molecule has 0 aliphatic carbocycles. The summed E-state index contributed by atoms with van der Waals surface area (Å²) in [5, 5.41) is 28.4. The molecule has 5 unspecified atom stereocenters. The summed E-state index contributed by atoms with van der Waals surface area (Å²) in [7, 11) is 0. The normalized spacial score (nSPS) is 22.3. The molecular weight excluding hydrogens is 642 g/mol. The van der Waals surface area contributed by atoms with Crippen LogP contribution in [0.25, 0.3) is 0 Å². The summed E-state index contributed by atoms with van der Waals surface area (Å²) in [6.45, 7) is 6.73. The van der Waals surface area contributed by atoms with E-state index in [1.165, 1.54) is 0 Å². The molecule has 3 aromatic rings. The Morgan fingerprint density at radius 2 is 1.92 bits per heavy atom. The molecule has 3 aliphatic rings. The standard InChI is InChI=1S/C34H41N3O10S/c1-20(2)14-37(31(39)23-6-9-29-30(13-23)46-19-45-29)15-28(38)27(36-33(40)47-34(41)18-44-32-26(34)10-11-42-32)12-22-4-7-25(8-5-22)43-16-24-17-48-21(3)35-24/h4-9,13,17,20,26-28,32,38,41H,10-12,14-16,18-19H2,1-3H3,(H,36,40). The van der Waals surface area contributed by atoms with Gasteiger partial charge in [-0.25, -0.2) is 9.78 Å². The Morgan fingerprint density at radius 1 is 1.12 bits per heavy atom. The largest absolute Gasteiger partial charge is 0.487 e. The predicted molar refractivity (Wildman–Crippen MR) is 173 cm³/mol. The summed E-state index contributed by atoms with van der Waals surface area (Å²) in [5.74, 6) is -0.921. The molecule has 1 aromatic heterocycles. The van der Waals surface area contributed by atoms with Gasteiger partial charge in [0.2, 0.25) is 12.6 Å². The van der Waals surface area contributed by atoms with Crippen LogP contribution in [-0.4, -0.2) is 89.4 Å². The van der Waals surface area contributed by atoms with Crippen LogP contribution in [0.2, 0.25) is 0 Å². The molecule has 0 spiro atoms. The topological polar surface area (TPSA) is 158 Å². The Labute approximate surface area is 282 Å². The van der Waals surface area contributed by atoms with Crippen molar-refractivity contribution in [1.29, 1.82) is 0 Å². The van der Waals surface area contributed by atoms with Crippen molar-refractivity contribution in [1.82, 2.24) is 15.2 Å². The Bertz CT molecular complexity index is 1580. The molecule has 13 nitrogen and oxygen atoms in total. The van der Waals surface area contributed by atoms with Crippen molar-refractivity contribution >= 4 is 23.3 Å². The highest BCUT2D eigenvalue weighted by Crippen LogP contribution is 2.39. The summed E-state index contributed by atoms with van der Waals surface area (Å²) >= 11 is 1.56. The number of nitrogens with zero attached hydrogens (tertiary/aromatic N) is 2. The highest BCUT2D eigenvalue weighted by molar-refractivity contribution is 7.09. The van der Waals surface area contributed by atoms with E-state index in [1.54, 1.807) is 34.4 Å².